The molecule has 4 rings (SSSR count). The number of carboxylic acids is 1. The van der Waals surface area contributed by atoms with E-state index >= 15 is 0 Å². The Kier molecular flexibility index (Phi) is 5.04. The fourth-order valence-corrected chi connectivity index (χ4v) is 3.46. The largest absolute Gasteiger partial charge is 0.492 e. The Hall–Kier alpha value is -3.98. The molecule has 144 valence electrons. The van der Waals surface area contributed by atoms with E-state index in [0.29, 0.717) is 40.9 Å². The van der Waals surface area contributed by atoms with Crippen LogP contribution in [0.4, 0.5) is 0 Å². The van der Waals surface area contributed by atoms with Crippen LogP contribution in [0.2, 0.25) is 0 Å². The Morgan fingerprint density at radius 3 is 2.59 bits per heavy atom. The van der Waals surface area contributed by atoms with E-state index in [9.17, 15) is 9.90 Å². The second kappa shape index (κ2) is 7.95. The third kappa shape index (κ3) is 3.58. The Balaban J connectivity index is 1.81. The molecule has 4 aromatic rings. The minimum atomic E-state index is -1.03. The normalized spacial score (nSPS) is 10.7. The Labute approximate surface area is 167 Å². The number of carboxylic acid groups (broad SMARTS) is 1. The van der Waals surface area contributed by atoms with Crippen molar-refractivity contribution in [2.24, 2.45) is 0 Å². The third-order valence-corrected chi connectivity index (χ3v) is 4.69. The van der Waals surface area contributed by atoms with Gasteiger partial charge in [-0.3, -0.25) is 0 Å². The van der Waals surface area contributed by atoms with Gasteiger partial charge >= 0.3 is 5.97 Å². The maximum atomic E-state index is 12.1. The van der Waals surface area contributed by atoms with Gasteiger partial charge in [-0.05, 0) is 17.7 Å². The molecule has 0 unspecified atom stereocenters. The van der Waals surface area contributed by atoms with E-state index in [-0.39, 0.29) is 12.2 Å². The first-order chi connectivity index (χ1) is 14.2. The highest BCUT2D eigenvalue weighted by Gasteiger charge is 2.22. The van der Waals surface area contributed by atoms with Crippen LogP contribution in [-0.4, -0.2) is 28.7 Å². The summed E-state index contributed by atoms with van der Waals surface area (Å²) in [5.74, 6) is -0.149. The average molecular weight is 386 g/mol. The van der Waals surface area contributed by atoms with E-state index in [2.05, 4.69) is 0 Å². The summed E-state index contributed by atoms with van der Waals surface area (Å²) in [5, 5.41) is 19.2. The number of pyridine rings is 1. The van der Waals surface area contributed by atoms with Crippen molar-refractivity contribution in [1.82, 2.24) is 4.40 Å². The van der Waals surface area contributed by atoms with Crippen LogP contribution in [0.5, 0.6) is 11.5 Å². The number of benzene rings is 2. The molecule has 0 bridgehead atoms. The predicted octanol–water partition coefficient (Wildman–Crippen LogP) is 4.31. The standard InChI is InChI=1S/C23H18N2O4/c24-10-13-28-17-14-19-21(22(23(26)27)18-8-4-5-11-25(18)19)20(15-17)29-12-9-16-6-2-1-3-7-16/h1-8,11,14-15H,9,12-13H2,(H,26,27). The number of fused-ring (bicyclic) bond motifs is 3. The first-order valence-corrected chi connectivity index (χ1v) is 9.15. The lowest BCUT2D eigenvalue weighted by Crippen LogP contribution is -2.04. The third-order valence-electron chi connectivity index (χ3n) is 4.69. The zero-order valence-electron chi connectivity index (χ0n) is 15.5. The van der Waals surface area contributed by atoms with Crippen molar-refractivity contribution < 1.29 is 19.4 Å². The molecule has 2 aromatic carbocycles. The van der Waals surface area contributed by atoms with Gasteiger partial charge in [0.1, 0.15) is 17.6 Å². The van der Waals surface area contributed by atoms with Gasteiger partial charge < -0.3 is 19.0 Å². The van der Waals surface area contributed by atoms with Gasteiger partial charge in [0, 0.05) is 24.8 Å². The number of rotatable bonds is 7. The zero-order chi connectivity index (χ0) is 20.2. The van der Waals surface area contributed by atoms with E-state index in [4.69, 9.17) is 14.7 Å². The van der Waals surface area contributed by atoms with Gasteiger partial charge in [0.25, 0.3) is 0 Å². The fourth-order valence-electron chi connectivity index (χ4n) is 3.46. The molecular weight excluding hydrogens is 368 g/mol. The van der Waals surface area contributed by atoms with Gasteiger partial charge in [-0.15, -0.1) is 0 Å². The summed E-state index contributed by atoms with van der Waals surface area (Å²) < 4.78 is 13.3. The number of hydrogen-bond donors (Lipinski definition) is 1. The number of ether oxygens (including phenoxy) is 2. The highest BCUT2D eigenvalue weighted by atomic mass is 16.5. The molecule has 0 aliphatic rings. The van der Waals surface area contributed by atoms with Crippen molar-refractivity contribution in [3.8, 4) is 17.6 Å². The fraction of sp³-hybridized carbons (Fsp3) is 0.130. The van der Waals surface area contributed by atoms with Gasteiger partial charge in [0.2, 0.25) is 0 Å². The highest BCUT2D eigenvalue weighted by Crippen LogP contribution is 2.37. The molecule has 1 N–H and O–H groups in total. The molecule has 2 heterocycles. The SMILES string of the molecule is N#CCOc1cc(OCCc2ccccc2)c2c(C(=O)O)c3ccccn3c2c1. The zero-order valence-corrected chi connectivity index (χ0v) is 15.5. The van der Waals surface area contributed by atoms with E-state index < -0.39 is 5.97 Å². The molecular formula is C23H18N2O4. The molecule has 6 heteroatoms. The van der Waals surface area contributed by atoms with Crippen LogP contribution in [0, 0.1) is 11.3 Å². The van der Waals surface area contributed by atoms with Crippen molar-refractivity contribution in [3.63, 3.8) is 0 Å². The molecule has 0 spiro atoms. The average Bonchev–Trinajstić information content (AvgIpc) is 3.08. The Morgan fingerprint density at radius 2 is 1.83 bits per heavy atom. The first kappa shape index (κ1) is 18.4. The van der Waals surface area contributed by atoms with E-state index in [1.807, 2.05) is 42.5 Å². The Morgan fingerprint density at radius 1 is 1.03 bits per heavy atom. The second-order valence-corrected chi connectivity index (χ2v) is 6.48. The maximum absolute atomic E-state index is 12.1. The number of aromatic carboxylic acids is 1. The molecule has 6 nitrogen and oxygen atoms in total. The monoisotopic (exact) mass is 386 g/mol. The van der Waals surface area contributed by atoms with Gasteiger partial charge in [0.15, 0.2) is 6.61 Å². The number of aromatic nitrogens is 1. The molecule has 0 saturated heterocycles. The molecule has 0 saturated carbocycles. The highest BCUT2D eigenvalue weighted by molar-refractivity contribution is 6.13. The molecule has 29 heavy (non-hydrogen) atoms. The quantitative estimate of drug-likeness (QED) is 0.511. The first-order valence-electron chi connectivity index (χ1n) is 9.15. The summed E-state index contributed by atoms with van der Waals surface area (Å²) in [6.45, 7) is 0.274. The molecule has 0 aliphatic carbocycles. The van der Waals surface area contributed by atoms with Crippen LogP contribution in [-0.2, 0) is 6.42 Å². The second-order valence-electron chi connectivity index (χ2n) is 6.48. The molecule has 2 aromatic heterocycles. The van der Waals surface area contributed by atoms with Crippen molar-refractivity contribution in [1.29, 1.82) is 5.26 Å². The summed E-state index contributed by atoms with van der Waals surface area (Å²) in [6.07, 6.45) is 2.48. The van der Waals surface area contributed by atoms with Gasteiger partial charge in [0.05, 0.1) is 28.6 Å². The lowest BCUT2D eigenvalue weighted by Gasteiger charge is -2.11. The summed E-state index contributed by atoms with van der Waals surface area (Å²) in [5.41, 5.74) is 2.53. The van der Waals surface area contributed by atoms with E-state index in [1.165, 1.54) is 0 Å². The van der Waals surface area contributed by atoms with Crippen LogP contribution >= 0.6 is 0 Å². The van der Waals surface area contributed by atoms with Crippen molar-refractivity contribution in [3.05, 3.63) is 78.0 Å². The Bertz CT molecular complexity index is 1220. The molecule has 0 amide bonds. The van der Waals surface area contributed by atoms with Gasteiger partial charge in [-0.25, -0.2) is 4.79 Å². The summed E-state index contributed by atoms with van der Waals surface area (Å²) >= 11 is 0. The van der Waals surface area contributed by atoms with E-state index in [0.717, 1.165) is 5.56 Å². The topological polar surface area (TPSA) is 84.0 Å². The summed E-state index contributed by atoms with van der Waals surface area (Å²) in [6, 6.07) is 20.6. The smallest absolute Gasteiger partial charge is 0.338 e. The van der Waals surface area contributed by atoms with Crippen molar-refractivity contribution in [2.75, 3.05) is 13.2 Å². The van der Waals surface area contributed by atoms with Gasteiger partial charge in [-0.2, -0.15) is 5.26 Å². The van der Waals surface area contributed by atoms with Crippen LogP contribution < -0.4 is 9.47 Å². The van der Waals surface area contributed by atoms with E-state index in [1.54, 1.807) is 34.9 Å². The van der Waals surface area contributed by atoms with Gasteiger partial charge in [-0.1, -0.05) is 36.4 Å². The van der Waals surface area contributed by atoms with Crippen molar-refractivity contribution in [2.45, 2.75) is 6.42 Å². The van der Waals surface area contributed by atoms with Crippen LogP contribution in [0.3, 0.4) is 0 Å². The lowest BCUT2D eigenvalue weighted by atomic mass is 10.1. The minimum Gasteiger partial charge on any atom is -0.492 e. The maximum Gasteiger partial charge on any atom is 0.338 e. The van der Waals surface area contributed by atoms with Crippen LogP contribution in [0.25, 0.3) is 16.4 Å². The number of nitriles is 1. The lowest BCUT2D eigenvalue weighted by molar-refractivity contribution is 0.0700. The summed E-state index contributed by atoms with van der Waals surface area (Å²) in [4.78, 5) is 12.1. The van der Waals surface area contributed by atoms with Crippen LogP contribution in [0.1, 0.15) is 15.9 Å². The minimum absolute atomic E-state index is 0.107. The molecule has 0 fully saturated rings. The van der Waals surface area contributed by atoms with Crippen molar-refractivity contribution >= 4 is 22.4 Å². The number of carbonyl (C=O) groups is 1. The predicted molar refractivity (Wildman–Crippen MR) is 109 cm³/mol. The number of hydrogen-bond acceptors (Lipinski definition) is 4. The molecule has 0 aliphatic heterocycles. The molecule has 0 radical (unpaired) electrons. The number of nitrogens with zero attached hydrogens (tertiary/aromatic N) is 2. The summed E-state index contributed by atoms with van der Waals surface area (Å²) in [7, 11) is 0. The van der Waals surface area contributed by atoms with Crippen LogP contribution in [0.15, 0.2) is 66.9 Å². The molecule has 0 atom stereocenters.